The molecule has 0 N–H and O–H groups in total. The molecule has 1 fully saturated rings. The zero-order valence-corrected chi connectivity index (χ0v) is 14.3. The number of rotatable bonds is 4. The number of nitrogens with zero attached hydrogens (tertiary/aromatic N) is 4. The fourth-order valence-corrected chi connectivity index (χ4v) is 3.21. The number of aromatic nitrogens is 2. The Balaban J connectivity index is 2.20. The molecule has 0 amide bonds. The quantitative estimate of drug-likeness (QED) is 0.465. The molecule has 0 bridgehead atoms. The maximum Gasteiger partial charge on any atom is 0.331 e. The number of benzene rings is 1. The molecule has 3 rings (SSSR count). The van der Waals surface area contributed by atoms with Gasteiger partial charge in [-0.25, -0.2) is 14.4 Å². The Labute approximate surface area is 149 Å². The van der Waals surface area contributed by atoms with Crippen LogP contribution in [0.3, 0.4) is 0 Å². The Morgan fingerprint density at radius 2 is 2.00 bits per heavy atom. The van der Waals surface area contributed by atoms with Crippen LogP contribution >= 0.6 is 11.6 Å². The summed E-state index contributed by atoms with van der Waals surface area (Å²) < 4.78 is 14.4. The Hall–Kier alpha value is -2.54. The van der Waals surface area contributed by atoms with Gasteiger partial charge in [0.25, 0.3) is 0 Å². The van der Waals surface area contributed by atoms with E-state index in [0.29, 0.717) is 17.1 Å². The third-order valence-electron chi connectivity index (χ3n) is 4.03. The summed E-state index contributed by atoms with van der Waals surface area (Å²) in [6, 6.07) is 6.36. The monoisotopic (exact) mass is 362 g/mol. The SMILES string of the molecule is Cc1nc(Cl)c([N+](=O)[O-])c(/C=C(/c2ccccc2F)N2CCCC2)n1. The van der Waals surface area contributed by atoms with Crippen molar-refractivity contribution in [3.8, 4) is 0 Å². The van der Waals surface area contributed by atoms with Gasteiger partial charge < -0.3 is 4.90 Å². The van der Waals surface area contributed by atoms with Gasteiger partial charge >= 0.3 is 5.69 Å². The summed E-state index contributed by atoms with van der Waals surface area (Å²) in [5.41, 5.74) is 0.645. The summed E-state index contributed by atoms with van der Waals surface area (Å²) in [5, 5.41) is 11.2. The number of hydrogen-bond donors (Lipinski definition) is 0. The molecule has 1 aliphatic heterocycles. The fourth-order valence-electron chi connectivity index (χ4n) is 2.92. The first kappa shape index (κ1) is 17.3. The smallest absolute Gasteiger partial charge is 0.331 e. The summed E-state index contributed by atoms with van der Waals surface area (Å²) in [7, 11) is 0. The van der Waals surface area contributed by atoms with E-state index in [1.807, 2.05) is 4.90 Å². The molecule has 2 aromatic rings. The number of halogens is 2. The van der Waals surface area contributed by atoms with E-state index in [-0.39, 0.29) is 22.4 Å². The van der Waals surface area contributed by atoms with E-state index < -0.39 is 4.92 Å². The topological polar surface area (TPSA) is 72.2 Å². The minimum atomic E-state index is -0.615. The van der Waals surface area contributed by atoms with Gasteiger partial charge in [0.15, 0.2) is 0 Å². The van der Waals surface area contributed by atoms with E-state index in [4.69, 9.17) is 11.6 Å². The van der Waals surface area contributed by atoms with Crippen molar-refractivity contribution in [1.29, 1.82) is 0 Å². The lowest BCUT2D eigenvalue weighted by Gasteiger charge is -2.22. The van der Waals surface area contributed by atoms with E-state index in [2.05, 4.69) is 9.97 Å². The molecule has 25 heavy (non-hydrogen) atoms. The first-order valence-corrected chi connectivity index (χ1v) is 8.25. The second-order valence-corrected chi connectivity index (χ2v) is 6.11. The van der Waals surface area contributed by atoms with Crippen molar-refractivity contribution >= 4 is 29.1 Å². The van der Waals surface area contributed by atoms with Gasteiger partial charge in [-0.15, -0.1) is 0 Å². The van der Waals surface area contributed by atoms with Crippen LogP contribution in [0, 0.1) is 22.9 Å². The molecule has 0 radical (unpaired) electrons. The molecule has 0 unspecified atom stereocenters. The van der Waals surface area contributed by atoms with E-state index >= 15 is 0 Å². The van der Waals surface area contributed by atoms with E-state index in [0.717, 1.165) is 25.9 Å². The number of aryl methyl sites for hydroxylation is 1. The second kappa shape index (κ2) is 7.14. The highest BCUT2D eigenvalue weighted by molar-refractivity contribution is 6.31. The predicted octanol–water partition coefficient (Wildman–Crippen LogP) is 4.08. The van der Waals surface area contributed by atoms with Crippen molar-refractivity contribution in [1.82, 2.24) is 14.9 Å². The average molecular weight is 363 g/mol. The van der Waals surface area contributed by atoms with Gasteiger partial charge in [0.05, 0.1) is 4.92 Å². The van der Waals surface area contributed by atoms with Crippen LogP contribution in [0.2, 0.25) is 5.15 Å². The minimum Gasteiger partial charge on any atom is -0.371 e. The van der Waals surface area contributed by atoms with Crippen LogP contribution in [0.25, 0.3) is 11.8 Å². The van der Waals surface area contributed by atoms with Crippen molar-refractivity contribution in [3.63, 3.8) is 0 Å². The Morgan fingerprint density at radius 3 is 2.64 bits per heavy atom. The lowest BCUT2D eigenvalue weighted by atomic mass is 10.1. The number of hydrogen-bond acceptors (Lipinski definition) is 5. The first-order valence-electron chi connectivity index (χ1n) is 7.87. The van der Waals surface area contributed by atoms with Crippen molar-refractivity contribution in [2.75, 3.05) is 13.1 Å². The van der Waals surface area contributed by atoms with Gasteiger partial charge in [0.2, 0.25) is 5.15 Å². The molecule has 2 heterocycles. The Bertz CT molecular complexity index is 851. The van der Waals surface area contributed by atoms with Crippen LogP contribution in [0.1, 0.15) is 29.9 Å². The molecule has 0 atom stereocenters. The zero-order valence-electron chi connectivity index (χ0n) is 13.6. The van der Waals surface area contributed by atoms with Gasteiger partial charge in [-0.3, -0.25) is 10.1 Å². The van der Waals surface area contributed by atoms with Gasteiger partial charge in [-0.2, -0.15) is 0 Å². The molecular formula is C17H16ClFN4O2. The van der Waals surface area contributed by atoms with Gasteiger partial charge in [0.1, 0.15) is 17.3 Å². The van der Waals surface area contributed by atoms with Gasteiger partial charge in [-0.05, 0) is 38.0 Å². The van der Waals surface area contributed by atoms with E-state index in [1.165, 1.54) is 12.1 Å². The highest BCUT2D eigenvalue weighted by Gasteiger charge is 2.25. The molecule has 130 valence electrons. The molecule has 1 aliphatic rings. The molecule has 1 saturated heterocycles. The normalized spacial score (nSPS) is 14.8. The van der Waals surface area contributed by atoms with Crippen LogP contribution in [0.15, 0.2) is 24.3 Å². The summed E-state index contributed by atoms with van der Waals surface area (Å²) in [6.45, 7) is 3.11. The van der Waals surface area contributed by atoms with Crippen LogP contribution < -0.4 is 0 Å². The lowest BCUT2D eigenvalue weighted by Crippen LogP contribution is -2.18. The van der Waals surface area contributed by atoms with Crippen molar-refractivity contribution in [2.24, 2.45) is 0 Å². The maximum atomic E-state index is 14.4. The Morgan fingerprint density at radius 1 is 1.32 bits per heavy atom. The zero-order chi connectivity index (χ0) is 18.0. The molecule has 8 heteroatoms. The van der Waals surface area contributed by atoms with Crippen LogP contribution in [0.5, 0.6) is 0 Å². The minimum absolute atomic E-state index is 0.0765. The predicted molar refractivity (Wildman–Crippen MR) is 93.5 cm³/mol. The molecule has 0 spiro atoms. The largest absolute Gasteiger partial charge is 0.371 e. The van der Waals surface area contributed by atoms with Crippen molar-refractivity contribution in [3.05, 3.63) is 62.4 Å². The molecular weight excluding hydrogens is 347 g/mol. The summed E-state index contributed by atoms with van der Waals surface area (Å²) in [5.74, 6) is -0.0728. The Kier molecular flexibility index (Phi) is 4.94. The molecule has 1 aromatic carbocycles. The fraction of sp³-hybridized carbons (Fsp3) is 0.294. The highest BCUT2D eigenvalue weighted by atomic mass is 35.5. The third kappa shape index (κ3) is 3.61. The van der Waals surface area contributed by atoms with Crippen LogP contribution in [-0.4, -0.2) is 32.9 Å². The van der Waals surface area contributed by atoms with Gasteiger partial charge in [0, 0.05) is 24.4 Å². The first-order chi connectivity index (χ1) is 12.0. The molecule has 0 aliphatic carbocycles. The third-order valence-corrected chi connectivity index (χ3v) is 4.30. The highest BCUT2D eigenvalue weighted by Crippen LogP contribution is 2.32. The van der Waals surface area contributed by atoms with Crippen molar-refractivity contribution in [2.45, 2.75) is 19.8 Å². The summed E-state index contributed by atoms with van der Waals surface area (Å²) >= 11 is 5.94. The standard InChI is InChI=1S/C17H16ClFN4O2/c1-11-20-14(16(23(24)25)17(18)21-11)10-15(22-8-4-5-9-22)12-6-2-3-7-13(12)19/h2-3,6-7,10H,4-5,8-9H2,1H3/b15-10-. The number of nitro groups is 1. The van der Waals surface area contributed by atoms with Crippen LogP contribution in [-0.2, 0) is 0 Å². The number of likely N-dealkylation sites (tertiary alicyclic amines) is 1. The summed E-state index contributed by atoms with van der Waals surface area (Å²) in [4.78, 5) is 20.8. The molecule has 0 saturated carbocycles. The molecule has 6 nitrogen and oxygen atoms in total. The van der Waals surface area contributed by atoms with Crippen molar-refractivity contribution < 1.29 is 9.31 Å². The average Bonchev–Trinajstić information content (AvgIpc) is 3.06. The van der Waals surface area contributed by atoms with Crippen LogP contribution in [0.4, 0.5) is 10.1 Å². The van der Waals surface area contributed by atoms with E-state index in [1.54, 1.807) is 25.1 Å². The maximum absolute atomic E-state index is 14.4. The van der Waals surface area contributed by atoms with E-state index in [9.17, 15) is 14.5 Å². The lowest BCUT2D eigenvalue weighted by molar-refractivity contribution is -0.385. The van der Waals surface area contributed by atoms with Gasteiger partial charge in [-0.1, -0.05) is 23.7 Å². The summed E-state index contributed by atoms with van der Waals surface area (Å²) in [6.07, 6.45) is 3.50. The molecule has 1 aromatic heterocycles. The second-order valence-electron chi connectivity index (χ2n) is 5.76.